The van der Waals surface area contributed by atoms with E-state index in [1.165, 1.54) is 6.42 Å². The van der Waals surface area contributed by atoms with Crippen LogP contribution in [-0.4, -0.2) is 29.9 Å². The zero-order chi connectivity index (χ0) is 15.1. The van der Waals surface area contributed by atoms with Crippen LogP contribution in [0.4, 0.5) is 5.69 Å². The van der Waals surface area contributed by atoms with Gasteiger partial charge in [0, 0.05) is 24.8 Å². The maximum Gasteiger partial charge on any atom is 0.256 e. The Morgan fingerprint density at radius 3 is 2.81 bits per heavy atom. The Hall–Kier alpha value is -1.51. The van der Waals surface area contributed by atoms with Gasteiger partial charge >= 0.3 is 0 Å². The summed E-state index contributed by atoms with van der Waals surface area (Å²) in [6, 6.07) is 8.35. The van der Waals surface area contributed by atoms with E-state index in [0.29, 0.717) is 6.04 Å². The maximum absolute atomic E-state index is 13.0. The van der Waals surface area contributed by atoms with Crippen molar-refractivity contribution in [2.24, 2.45) is 0 Å². The van der Waals surface area contributed by atoms with Crippen molar-refractivity contribution in [1.29, 1.82) is 0 Å². The summed E-state index contributed by atoms with van der Waals surface area (Å²) in [5.41, 5.74) is 1.80. The van der Waals surface area contributed by atoms with Crippen molar-refractivity contribution in [3.8, 4) is 0 Å². The van der Waals surface area contributed by atoms with Crippen LogP contribution in [0.2, 0.25) is 0 Å². The predicted octanol–water partition coefficient (Wildman–Crippen LogP) is 4.30. The summed E-state index contributed by atoms with van der Waals surface area (Å²) < 4.78 is 0. The van der Waals surface area contributed by atoms with Crippen molar-refractivity contribution < 1.29 is 4.79 Å². The summed E-state index contributed by atoms with van der Waals surface area (Å²) in [6.07, 6.45) is 6.87. The van der Waals surface area contributed by atoms with E-state index < -0.39 is 0 Å². The summed E-state index contributed by atoms with van der Waals surface area (Å²) >= 11 is 0. The minimum atomic E-state index is 0.201. The van der Waals surface area contributed by atoms with Crippen molar-refractivity contribution in [3.05, 3.63) is 29.8 Å². The van der Waals surface area contributed by atoms with Gasteiger partial charge in [-0.15, -0.1) is 0 Å². The normalized spacial score (nSPS) is 18.6. The summed E-state index contributed by atoms with van der Waals surface area (Å²) in [7, 11) is 0. The van der Waals surface area contributed by atoms with E-state index in [-0.39, 0.29) is 5.91 Å². The van der Waals surface area contributed by atoms with Gasteiger partial charge in [-0.2, -0.15) is 0 Å². The van der Waals surface area contributed by atoms with E-state index in [1.54, 1.807) is 0 Å². The molecule has 0 spiro atoms. The summed E-state index contributed by atoms with van der Waals surface area (Å²) in [4.78, 5) is 15.1. The van der Waals surface area contributed by atoms with Crippen molar-refractivity contribution >= 4 is 11.6 Å². The smallest absolute Gasteiger partial charge is 0.256 e. The van der Waals surface area contributed by atoms with Gasteiger partial charge in [-0.25, -0.2) is 0 Å². The topological polar surface area (TPSA) is 32.3 Å². The van der Waals surface area contributed by atoms with E-state index in [9.17, 15) is 4.79 Å². The molecular weight excluding hydrogens is 260 g/mol. The Morgan fingerprint density at radius 2 is 2.05 bits per heavy atom. The molecule has 21 heavy (non-hydrogen) atoms. The molecular formula is C18H28N2O. The molecule has 1 aliphatic heterocycles. The number of carbonyl (C=O) groups is 1. The number of hydrogen-bond donors (Lipinski definition) is 1. The number of amides is 1. The Morgan fingerprint density at radius 1 is 1.24 bits per heavy atom. The second-order valence-corrected chi connectivity index (χ2v) is 5.91. The standard InChI is InChI=1S/C18H28N2O/c1-3-9-15-10-7-8-14-20(15)18(21)16-11-5-6-12-17(16)19-13-4-2/h5-6,11-12,15,19H,3-4,7-10,13-14H2,1-2H3. The fourth-order valence-electron chi connectivity index (χ4n) is 3.14. The molecule has 1 aliphatic rings. The first-order chi connectivity index (χ1) is 10.3. The lowest BCUT2D eigenvalue weighted by Crippen LogP contribution is -2.43. The molecule has 1 unspecified atom stereocenters. The predicted molar refractivity (Wildman–Crippen MR) is 88.8 cm³/mol. The molecule has 1 amide bonds. The first-order valence-corrected chi connectivity index (χ1v) is 8.41. The highest BCUT2D eigenvalue weighted by Gasteiger charge is 2.27. The first kappa shape index (κ1) is 15.9. The number of nitrogens with one attached hydrogen (secondary N) is 1. The molecule has 0 aliphatic carbocycles. The highest BCUT2D eigenvalue weighted by Crippen LogP contribution is 2.25. The van der Waals surface area contributed by atoms with Crippen LogP contribution in [-0.2, 0) is 0 Å². The van der Waals surface area contributed by atoms with Crippen LogP contribution >= 0.6 is 0 Å². The number of rotatable bonds is 6. The molecule has 3 nitrogen and oxygen atoms in total. The summed E-state index contributed by atoms with van der Waals surface area (Å²) in [6.45, 7) is 6.15. The fraction of sp³-hybridized carbons (Fsp3) is 0.611. The van der Waals surface area contributed by atoms with Gasteiger partial charge in [0.2, 0.25) is 0 Å². The molecule has 1 aromatic rings. The third kappa shape index (κ3) is 3.99. The van der Waals surface area contributed by atoms with E-state index in [1.807, 2.05) is 24.3 Å². The molecule has 1 fully saturated rings. The van der Waals surface area contributed by atoms with Crippen LogP contribution in [0.5, 0.6) is 0 Å². The van der Waals surface area contributed by atoms with Gasteiger partial charge in [0.25, 0.3) is 5.91 Å². The van der Waals surface area contributed by atoms with E-state index >= 15 is 0 Å². The second kappa shape index (κ2) is 8.06. The number of nitrogens with zero attached hydrogens (tertiary/aromatic N) is 1. The number of anilines is 1. The molecule has 116 valence electrons. The van der Waals surface area contributed by atoms with Gasteiger partial charge in [-0.3, -0.25) is 4.79 Å². The quantitative estimate of drug-likeness (QED) is 0.846. The van der Waals surface area contributed by atoms with Gasteiger partial charge in [-0.05, 0) is 44.2 Å². The van der Waals surface area contributed by atoms with Crippen LogP contribution in [0, 0.1) is 0 Å². The zero-order valence-electron chi connectivity index (χ0n) is 13.4. The van der Waals surface area contributed by atoms with Gasteiger partial charge < -0.3 is 10.2 Å². The molecule has 0 radical (unpaired) electrons. The third-order valence-electron chi connectivity index (χ3n) is 4.23. The molecule has 3 heteroatoms. The molecule has 2 rings (SSSR count). The highest BCUT2D eigenvalue weighted by molar-refractivity contribution is 5.99. The Kier molecular flexibility index (Phi) is 6.09. The molecule has 1 saturated heterocycles. The van der Waals surface area contributed by atoms with Crippen LogP contribution in [0.1, 0.15) is 62.7 Å². The summed E-state index contributed by atoms with van der Waals surface area (Å²) in [5.74, 6) is 0.201. The average molecular weight is 288 g/mol. The lowest BCUT2D eigenvalue weighted by Gasteiger charge is -2.36. The zero-order valence-corrected chi connectivity index (χ0v) is 13.4. The Labute approximate surface area is 128 Å². The molecule has 1 N–H and O–H groups in total. The van der Waals surface area contributed by atoms with Gasteiger partial charge in [0.05, 0.1) is 5.56 Å². The minimum Gasteiger partial charge on any atom is -0.384 e. The summed E-state index contributed by atoms with van der Waals surface area (Å²) in [5, 5.41) is 3.38. The lowest BCUT2D eigenvalue weighted by atomic mass is 9.97. The van der Waals surface area contributed by atoms with Gasteiger partial charge in [-0.1, -0.05) is 32.4 Å². The van der Waals surface area contributed by atoms with Crippen molar-refractivity contribution in [1.82, 2.24) is 4.90 Å². The van der Waals surface area contributed by atoms with Crippen LogP contribution in [0.25, 0.3) is 0 Å². The second-order valence-electron chi connectivity index (χ2n) is 5.91. The van der Waals surface area contributed by atoms with E-state index in [0.717, 1.165) is 56.4 Å². The third-order valence-corrected chi connectivity index (χ3v) is 4.23. The Balaban J connectivity index is 2.17. The molecule has 0 saturated carbocycles. The van der Waals surface area contributed by atoms with Crippen molar-refractivity contribution in [3.63, 3.8) is 0 Å². The fourth-order valence-corrected chi connectivity index (χ4v) is 3.14. The largest absolute Gasteiger partial charge is 0.384 e. The van der Waals surface area contributed by atoms with Crippen LogP contribution in [0.3, 0.4) is 0 Å². The van der Waals surface area contributed by atoms with Gasteiger partial charge in [0.15, 0.2) is 0 Å². The monoisotopic (exact) mass is 288 g/mol. The van der Waals surface area contributed by atoms with Crippen LogP contribution in [0.15, 0.2) is 24.3 Å². The number of para-hydroxylation sites is 1. The maximum atomic E-state index is 13.0. The molecule has 1 heterocycles. The van der Waals surface area contributed by atoms with E-state index in [4.69, 9.17) is 0 Å². The molecule has 1 aromatic carbocycles. The molecule has 0 aromatic heterocycles. The Bertz CT molecular complexity index is 456. The van der Waals surface area contributed by atoms with Gasteiger partial charge in [0.1, 0.15) is 0 Å². The SMILES string of the molecule is CCCNc1ccccc1C(=O)N1CCCCC1CCC. The van der Waals surface area contributed by atoms with Crippen molar-refractivity contribution in [2.75, 3.05) is 18.4 Å². The van der Waals surface area contributed by atoms with E-state index in [2.05, 4.69) is 24.1 Å². The number of piperidine rings is 1. The molecule has 0 bridgehead atoms. The number of likely N-dealkylation sites (tertiary alicyclic amines) is 1. The lowest BCUT2D eigenvalue weighted by molar-refractivity contribution is 0.0601. The van der Waals surface area contributed by atoms with Crippen molar-refractivity contribution in [2.45, 2.75) is 58.4 Å². The molecule has 1 atom stereocenters. The number of hydrogen-bond acceptors (Lipinski definition) is 2. The van der Waals surface area contributed by atoms with Crippen LogP contribution < -0.4 is 5.32 Å². The number of carbonyl (C=O) groups excluding carboxylic acids is 1. The number of benzene rings is 1. The minimum absolute atomic E-state index is 0.201. The highest BCUT2D eigenvalue weighted by atomic mass is 16.2. The first-order valence-electron chi connectivity index (χ1n) is 8.41. The average Bonchev–Trinajstić information content (AvgIpc) is 2.53.